The number of nitrogens with one attached hydrogen (secondary N) is 1. The van der Waals surface area contributed by atoms with Crippen molar-refractivity contribution in [1.82, 2.24) is 9.55 Å². The summed E-state index contributed by atoms with van der Waals surface area (Å²) < 4.78 is 21.0. The number of aromatic amines is 1. The first kappa shape index (κ1) is 14.9. The molecular formula is C12H17FN2O5. The molecule has 2 heterocycles. The summed E-state index contributed by atoms with van der Waals surface area (Å²) in [7, 11) is 0. The van der Waals surface area contributed by atoms with Crippen molar-refractivity contribution in [3.05, 3.63) is 32.6 Å². The monoisotopic (exact) mass is 288 g/mol. The van der Waals surface area contributed by atoms with E-state index < -0.39 is 41.5 Å². The van der Waals surface area contributed by atoms with Crippen LogP contribution in [0.3, 0.4) is 0 Å². The molecule has 0 spiro atoms. The lowest BCUT2D eigenvalue weighted by Crippen LogP contribution is -2.52. The molecule has 0 radical (unpaired) electrons. The quantitative estimate of drug-likeness (QED) is 0.662. The third-order valence-electron chi connectivity index (χ3n) is 3.94. The molecule has 0 aliphatic carbocycles. The van der Waals surface area contributed by atoms with Crippen LogP contribution in [0.1, 0.15) is 25.6 Å². The van der Waals surface area contributed by atoms with E-state index in [1.165, 1.54) is 20.0 Å². The second-order valence-electron chi connectivity index (χ2n) is 5.36. The Kier molecular flexibility index (Phi) is 3.35. The number of alkyl halides is 1. The first-order valence-electron chi connectivity index (χ1n) is 6.12. The maximum atomic E-state index is 14.9. The van der Waals surface area contributed by atoms with Crippen molar-refractivity contribution >= 4 is 0 Å². The van der Waals surface area contributed by atoms with Crippen molar-refractivity contribution in [2.24, 2.45) is 0 Å². The van der Waals surface area contributed by atoms with Crippen molar-refractivity contribution in [2.45, 2.75) is 44.4 Å². The minimum atomic E-state index is -2.32. The van der Waals surface area contributed by atoms with Crippen LogP contribution in [-0.4, -0.2) is 43.7 Å². The Labute approximate surface area is 113 Å². The Balaban J connectivity index is 2.57. The lowest BCUT2D eigenvalue weighted by molar-refractivity contribution is -0.0892. The Morgan fingerprint density at radius 2 is 2.10 bits per heavy atom. The molecule has 7 nitrogen and oxygen atoms in total. The van der Waals surface area contributed by atoms with Gasteiger partial charge in [-0.3, -0.25) is 14.3 Å². The van der Waals surface area contributed by atoms with E-state index in [0.717, 1.165) is 11.5 Å². The molecule has 1 saturated heterocycles. The van der Waals surface area contributed by atoms with E-state index in [1.807, 2.05) is 4.98 Å². The van der Waals surface area contributed by atoms with Gasteiger partial charge in [-0.1, -0.05) is 0 Å². The number of nitrogens with zero attached hydrogens (tertiary/aromatic N) is 1. The molecule has 0 amide bonds. The number of H-pyrrole nitrogens is 1. The summed E-state index contributed by atoms with van der Waals surface area (Å²) >= 11 is 0. The van der Waals surface area contributed by atoms with Gasteiger partial charge < -0.3 is 14.9 Å². The number of aryl methyl sites for hydroxylation is 1. The van der Waals surface area contributed by atoms with E-state index in [1.54, 1.807) is 0 Å². The van der Waals surface area contributed by atoms with Gasteiger partial charge in [0.05, 0.1) is 6.61 Å². The number of aliphatic hydroxyl groups is 2. The summed E-state index contributed by atoms with van der Waals surface area (Å²) in [6, 6.07) is 0. The van der Waals surface area contributed by atoms with Gasteiger partial charge in [-0.25, -0.2) is 9.18 Å². The highest BCUT2D eigenvalue weighted by Crippen LogP contribution is 2.47. The molecule has 0 bridgehead atoms. The minimum absolute atomic E-state index is 0.205. The Morgan fingerprint density at radius 1 is 1.50 bits per heavy atom. The number of hydrogen-bond acceptors (Lipinski definition) is 5. The summed E-state index contributed by atoms with van der Waals surface area (Å²) in [6.45, 7) is 3.14. The number of halogens is 1. The van der Waals surface area contributed by atoms with E-state index >= 15 is 0 Å². The van der Waals surface area contributed by atoms with Gasteiger partial charge in [-0.05, 0) is 20.8 Å². The van der Waals surface area contributed by atoms with Gasteiger partial charge in [0, 0.05) is 11.8 Å². The van der Waals surface area contributed by atoms with Crippen molar-refractivity contribution in [1.29, 1.82) is 0 Å². The summed E-state index contributed by atoms with van der Waals surface area (Å²) in [5, 5.41) is 19.4. The molecule has 112 valence electrons. The second-order valence-corrected chi connectivity index (χ2v) is 5.36. The minimum Gasteiger partial charge on any atom is -0.394 e. The van der Waals surface area contributed by atoms with Crippen LogP contribution in [0.15, 0.2) is 15.8 Å². The number of hydrogen-bond donors (Lipinski definition) is 3. The van der Waals surface area contributed by atoms with Crippen molar-refractivity contribution < 1.29 is 19.3 Å². The van der Waals surface area contributed by atoms with Crippen LogP contribution in [0, 0.1) is 6.92 Å². The fourth-order valence-electron chi connectivity index (χ4n) is 2.29. The first-order chi connectivity index (χ1) is 9.12. The van der Waals surface area contributed by atoms with Crippen molar-refractivity contribution in [3.63, 3.8) is 0 Å². The lowest BCUT2D eigenvalue weighted by Gasteiger charge is -2.32. The third kappa shape index (κ3) is 1.91. The molecule has 3 N–H and O–H groups in total. The van der Waals surface area contributed by atoms with Crippen LogP contribution >= 0.6 is 0 Å². The van der Waals surface area contributed by atoms with Gasteiger partial charge in [0.2, 0.25) is 0 Å². The molecule has 0 saturated carbocycles. The predicted octanol–water partition coefficient (Wildman–Crippen LogP) is -0.786. The van der Waals surface area contributed by atoms with Gasteiger partial charge in [0.15, 0.2) is 11.9 Å². The van der Waals surface area contributed by atoms with E-state index in [9.17, 15) is 19.1 Å². The van der Waals surface area contributed by atoms with Gasteiger partial charge in [0.1, 0.15) is 11.7 Å². The van der Waals surface area contributed by atoms with E-state index in [-0.39, 0.29) is 5.56 Å². The maximum absolute atomic E-state index is 14.9. The van der Waals surface area contributed by atoms with Gasteiger partial charge in [0.25, 0.3) is 5.56 Å². The van der Waals surface area contributed by atoms with Gasteiger partial charge in [-0.15, -0.1) is 0 Å². The summed E-state index contributed by atoms with van der Waals surface area (Å²) in [6.07, 6.45) is -1.46. The zero-order chi connectivity index (χ0) is 15.3. The number of ether oxygens (including phenoxy) is 1. The van der Waals surface area contributed by atoms with Crippen molar-refractivity contribution in [3.8, 4) is 0 Å². The molecule has 1 fully saturated rings. The van der Waals surface area contributed by atoms with E-state index in [0.29, 0.717) is 0 Å². The Morgan fingerprint density at radius 3 is 2.60 bits per heavy atom. The van der Waals surface area contributed by atoms with E-state index in [2.05, 4.69) is 0 Å². The predicted molar refractivity (Wildman–Crippen MR) is 67.2 cm³/mol. The van der Waals surface area contributed by atoms with Crippen molar-refractivity contribution in [2.75, 3.05) is 6.61 Å². The Hall–Kier alpha value is -1.51. The number of aromatic nitrogens is 2. The molecule has 2 rings (SSSR count). The molecule has 0 unspecified atom stereocenters. The molecule has 1 aromatic heterocycles. The molecule has 4 atom stereocenters. The van der Waals surface area contributed by atoms with E-state index in [4.69, 9.17) is 9.84 Å². The largest absolute Gasteiger partial charge is 0.394 e. The molecule has 8 heteroatoms. The van der Waals surface area contributed by atoms with Gasteiger partial charge >= 0.3 is 5.69 Å². The highest BCUT2D eigenvalue weighted by molar-refractivity contribution is 5.11. The maximum Gasteiger partial charge on any atom is 0.330 e. The zero-order valence-electron chi connectivity index (χ0n) is 11.4. The fraction of sp³-hybridized carbons (Fsp3) is 0.667. The summed E-state index contributed by atoms with van der Waals surface area (Å²) in [5.41, 5.74) is -5.51. The fourth-order valence-corrected chi connectivity index (χ4v) is 2.29. The zero-order valence-corrected chi connectivity index (χ0v) is 11.4. The molecule has 0 aromatic carbocycles. The molecule has 20 heavy (non-hydrogen) atoms. The molecular weight excluding hydrogens is 271 g/mol. The average Bonchev–Trinajstić information content (AvgIpc) is 2.52. The van der Waals surface area contributed by atoms with Crippen LogP contribution in [0.25, 0.3) is 0 Å². The van der Waals surface area contributed by atoms with Crippen LogP contribution < -0.4 is 11.2 Å². The first-order valence-corrected chi connectivity index (χ1v) is 6.12. The molecule has 1 aliphatic heterocycles. The van der Waals surface area contributed by atoms with Crippen LogP contribution in [0.2, 0.25) is 0 Å². The molecule has 1 aliphatic rings. The Bertz CT molecular complexity index is 633. The standard InChI is InChI=1S/C12H17FN2O5/c1-6-4-15(10(18)14-8(6)17)9-11(2,13)12(3,19)7(5-16)20-9/h4,7,9,16,19H,5H2,1-3H3,(H,14,17,18)/t7-,9-,11-,12-/m1/s1. The van der Waals surface area contributed by atoms with Crippen LogP contribution in [-0.2, 0) is 4.74 Å². The van der Waals surface area contributed by atoms with Crippen LogP contribution in [0.4, 0.5) is 4.39 Å². The topological polar surface area (TPSA) is 105 Å². The lowest BCUT2D eigenvalue weighted by atomic mass is 9.85. The SMILES string of the molecule is Cc1cn([C@@H]2O[C@H](CO)[C@@](C)(O)[C@]2(C)F)c(=O)[nH]c1=O. The van der Waals surface area contributed by atoms with Gasteiger partial charge in [-0.2, -0.15) is 0 Å². The average molecular weight is 288 g/mol. The second kappa shape index (κ2) is 4.51. The number of aliphatic hydroxyl groups excluding tert-OH is 1. The van der Waals surface area contributed by atoms with Crippen LogP contribution in [0.5, 0.6) is 0 Å². The normalized spacial score (nSPS) is 37.3. The molecule has 1 aromatic rings. The smallest absolute Gasteiger partial charge is 0.330 e. The number of rotatable bonds is 2. The highest BCUT2D eigenvalue weighted by Gasteiger charge is 2.63. The summed E-state index contributed by atoms with van der Waals surface area (Å²) in [4.78, 5) is 25.2. The third-order valence-corrected chi connectivity index (χ3v) is 3.94. The highest BCUT2D eigenvalue weighted by atomic mass is 19.1. The summed E-state index contributed by atoms with van der Waals surface area (Å²) in [5.74, 6) is 0.